The number of amides is 1. The lowest BCUT2D eigenvalue weighted by molar-refractivity contribution is -0.141. The van der Waals surface area contributed by atoms with Crippen molar-refractivity contribution in [3.63, 3.8) is 0 Å². The third-order valence-electron chi connectivity index (χ3n) is 1.87. The van der Waals surface area contributed by atoms with Crippen LogP contribution in [0.3, 0.4) is 0 Å². The Kier molecular flexibility index (Phi) is 5.87. The molecule has 0 aliphatic rings. The Bertz CT molecular complexity index is 206. The molecule has 0 aliphatic carbocycles. The van der Waals surface area contributed by atoms with Crippen LogP contribution in [0.2, 0.25) is 0 Å². The van der Waals surface area contributed by atoms with Crippen molar-refractivity contribution in [2.75, 3.05) is 26.7 Å². The van der Waals surface area contributed by atoms with E-state index in [1.54, 1.807) is 6.92 Å². The van der Waals surface area contributed by atoms with Gasteiger partial charge in [0.2, 0.25) is 5.91 Å². The average Bonchev–Trinajstić information content (AvgIpc) is 2.02. The zero-order chi connectivity index (χ0) is 11.1. The molecule has 0 radical (unpaired) electrons. The third-order valence-corrected chi connectivity index (χ3v) is 1.87. The van der Waals surface area contributed by atoms with E-state index in [4.69, 9.17) is 5.11 Å². The molecule has 0 fully saturated rings. The van der Waals surface area contributed by atoms with Crippen molar-refractivity contribution in [2.45, 2.75) is 13.8 Å². The molecule has 0 saturated heterocycles. The van der Waals surface area contributed by atoms with E-state index < -0.39 is 5.97 Å². The van der Waals surface area contributed by atoms with Crippen LogP contribution >= 0.6 is 0 Å². The maximum absolute atomic E-state index is 10.5. The Morgan fingerprint density at radius 1 is 1.50 bits per heavy atom. The number of hydrogen-bond donors (Lipinski definition) is 2. The second-order valence-electron chi connectivity index (χ2n) is 3.48. The lowest BCUT2D eigenvalue weighted by atomic mass is 10.2. The Labute approximate surface area is 84.1 Å². The molecular weight excluding hydrogens is 184 g/mol. The van der Waals surface area contributed by atoms with Gasteiger partial charge in [0.05, 0.1) is 5.92 Å². The number of likely N-dealkylation sites (N-methyl/N-ethyl adjacent to an activating group) is 1. The Hall–Kier alpha value is -1.10. The third kappa shape index (κ3) is 6.42. The summed E-state index contributed by atoms with van der Waals surface area (Å²) in [6.45, 7) is 4.83. The monoisotopic (exact) mass is 202 g/mol. The molecule has 1 unspecified atom stereocenters. The molecule has 82 valence electrons. The largest absolute Gasteiger partial charge is 0.481 e. The first-order valence-corrected chi connectivity index (χ1v) is 4.59. The number of nitrogens with one attached hydrogen (secondary N) is 1. The molecule has 5 nitrogen and oxygen atoms in total. The van der Waals surface area contributed by atoms with E-state index in [1.165, 1.54) is 6.92 Å². The SMILES string of the molecule is CC(=O)NCCN(C)CC(C)C(=O)O. The summed E-state index contributed by atoms with van der Waals surface area (Å²) in [6.07, 6.45) is 0. The lowest BCUT2D eigenvalue weighted by Crippen LogP contribution is -2.35. The van der Waals surface area contributed by atoms with Gasteiger partial charge in [-0.15, -0.1) is 0 Å². The van der Waals surface area contributed by atoms with Gasteiger partial charge in [-0.05, 0) is 7.05 Å². The summed E-state index contributed by atoms with van der Waals surface area (Å²) < 4.78 is 0. The number of hydrogen-bond acceptors (Lipinski definition) is 3. The molecular formula is C9H18N2O3. The van der Waals surface area contributed by atoms with Gasteiger partial charge in [0.1, 0.15) is 0 Å². The minimum absolute atomic E-state index is 0.0651. The number of rotatable bonds is 6. The van der Waals surface area contributed by atoms with Gasteiger partial charge in [-0.25, -0.2) is 0 Å². The number of carboxylic acids is 1. The topological polar surface area (TPSA) is 69.6 Å². The fourth-order valence-corrected chi connectivity index (χ4v) is 1.06. The molecule has 1 atom stereocenters. The van der Waals surface area contributed by atoms with Crippen LogP contribution in [0.5, 0.6) is 0 Å². The van der Waals surface area contributed by atoms with Gasteiger partial charge in [-0.1, -0.05) is 6.92 Å². The maximum Gasteiger partial charge on any atom is 0.307 e. The van der Waals surface area contributed by atoms with Gasteiger partial charge >= 0.3 is 5.97 Å². The van der Waals surface area contributed by atoms with Crippen LogP contribution in [0, 0.1) is 5.92 Å². The van der Waals surface area contributed by atoms with Crippen LogP contribution in [-0.4, -0.2) is 48.6 Å². The molecule has 0 saturated carbocycles. The van der Waals surface area contributed by atoms with Crippen molar-refractivity contribution >= 4 is 11.9 Å². The van der Waals surface area contributed by atoms with Gasteiger partial charge in [0.25, 0.3) is 0 Å². The summed E-state index contributed by atoms with van der Waals surface area (Å²) in [5, 5.41) is 11.3. The minimum Gasteiger partial charge on any atom is -0.481 e. The first-order valence-electron chi connectivity index (χ1n) is 4.59. The highest BCUT2D eigenvalue weighted by Crippen LogP contribution is 1.96. The smallest absolute Gasteiger partial charge is 0.307 e. The summed E-state index contributed by atoms with van der Waals surface area (Å²) in [7, 11) is 1.83. The van der Waals surface area contributed by atoms with Crippen molar-refractivity contribution in [1.82, 2.24) is 10.2 Å². The molecule has 2 N–H and O–H groups in total. The number of nitrogens with zero attached hydrogens (tertiary/aromatic N) is 1. The predicted molar refractivity (Wildman–Crippen MR) is 53.0 cm³/mol. The molecule has 1 amide bonds. The van der Waals surface area contributed by atoms with E-state index in [-0.39, 0.29) is 11.8 Å². The van der Waals surface area contributed by atoms with Crippen LogP contribution in [-0.2, 0) is 9.59 Å². The highest BCUT2D eigenvalue weighted by molar-refractivity contribution is 5.72. The molecule has 5 heteroatoms. The summed E-state index contributed by atoms with van der Waals surface area (Å²) in [5.41, 5.74) is 0. The van der Waals surface area contributed by atoms with E-state index in [0.29, 0.717) is 19.6 Å². The number of carbonyl (C=O) groups is 2. The fourth-order valence-electron chi connectivity index (χ4n) is 1.06. The Morgan fingerprint density at radius 3 is 2.50 bits per heavy atom. The van der Waals surface area contributed by atoms with Crippen LogP contribution in [0.15, 0.2) is 0 Å². The number of carbonyl (C=O) groups excluding carboxylic acids is 1. The van der Waals surface area contributed by atoms with Gasteiger partial charge in [0, 0.05) is 26.6 Å². The average molecular weight is 202 g/mol. The minimum atomic E-state index is -0.795. The quantitative estimate of drug-likeness (QED) is 0.624. The van der Waals surface area contributed by atoms with Gasteiger partial charge in [-0.3, -0.25) is 9.59 Å². The van der Waals surface area contributed by atoms with E-state index in [1.807, 2.05) is 11.9 Å². The first kappa shape index (κ1) is 12.9. The van der Waals surface area contributed by atoms with Crippen LogP contribution in [0.1, 0.15) is 13.8 Å². The molecule has 0 aromatic heterocycles. The standard InChI is InChI=1S/C9H18N2O3/c1-7(9(13)14)6-11(3)5-4-10-8(2)12/h7H,4-6H2,1-3H3,(H,10,12)(H,13,14). The molecule has 0 rings (SSSR count). The van der Waals surface area contributed by atoms with Crippen molar-refractivity contribution in [2.24, 2.45) is 5.92 Å². The summed E-state index contributed by atoms with van der Waals surface area (Å²) >= 11 is 0. The van der Waals surface area contributed by atoms with E-state index in [9.17, 15) is 9.59 Å². The second-order valence-corrected chi connectivity index (χ2v) is 3.48. The molecule has 0 spiro atoms. The second kappa shape index (κ2) is 6.37. The van der Waals surface area contributed by atoms with Crippen LogP contribution in [0.4, 0.5) is 0 Å². The van der Waals surface area contributed by atoms with Crippen molar-refractivity contribution < 1.29 is 14.7 Å². The molecule has 0 bridgehead atoms. The van der Waals surface area contributed by atoms with Crippen molar-refractivity contribution in [1.29, 1.82) is 0 Å². The Morgan fingerprint density at radius 2 is 2.07 bits per heavy atom. The van der Waals surface area contributed by atoms with Crippen molar-refractivity contribution in [3.05, 3.63) is 0 Å². The molecule has 0 heterocycles. The van der Waals surface area contributed by atoms with E-state index in [2.05, 4.69) is 5.32 Å². The van der Waals surface area contributed by atoms with E-state index in [0.717, 1.165) is 0 Å². The van der Waals surface area contributed by atoms with E-state index >= 15 is 0 Å². The van der Waals surface area contributed by atoms with Gasteiger partial charge in [0.15, 0.2) is 0 Å². The normalized spacial score (nSPS) is 12.6. The molecule has 14 heavy (non-hydrogen) atoms. The summed E-state index contributed by atoms with van der Waals surface area (Å²) in [4.78, 5) is 22.9. The number of carboxylic acid groups (broad SMARTS) is 1. The van der Waals surface area contributed by atoms with Crippen molar-refractivity contribution in [3.8, 4) is 0 Å². The highest BCUT2D eigenvalue weighted by Gasteiger charge is 2.12. The Balaban J connectivity index is 3.59. The maximum atomic E-state index is 10.5. The van der Waals surface area contributed by atoms with Gasteiger partial charge in [-0.2, -0.15) is 0 Å². The highest BCUT2D eigenvalue weighted by atomic mass is 16.4. The fraction of sp³-hybridized carbons (Fsp3) is 0.778. The lowest BCUT2D eigenvalue weighted by Gasteiger charge is -2.18. The number of aliphatic carboxylic acids is 1. The predicted octanol–water partition coefficient (Wildman–Crippen LogP) is -0.225. The van der Waals surface area contributed by atoms with Crippen LogP contribution in [0.25, 0.3) is 0 Å². The zero-order valence-electron chi connectivity index (χ0n) is 8.91. The molecule has 0 aliphatic heterocycles. The first-order chi connectivity index (χ1) is 6.43. The van der Waals surface area contributed by atoms with Crippen LogP contribution < -0.4 is 5.32 Å². The summed E-state index contributed by atoms with van der Waals surface area (Å²) in [6, 6.07) is 0. The molecule has 0 aromatic carbocycles. The van der Waals surface area contributed by atoms with Gasteiger partial charge < -0.3 is 15.3 Å². The summed E-state index contributed by atoms with van der Waals surface area (Å²) in [5.74, 6) is -1.24. The molecule has 0 aromatic rings. The zero-order valence-corrected chi connectivity index (χ0v) is 8.91.